The molecule has 2 fully saturated rings. The van der Waals surface area contributed by atoms with Gasteiger partial charge in [-0.25, -0.2) is 9.59 Å². The van der Waals surface area contributed by atoms with Gasteiger partial charge in [-0.15, -0.1) is 0 Å². The van der Waals surface area contributed by atoms with E-state index in [0.29, 0.717) is 32.5 Å². The standard InChI is InChI=1S/C33H35N3O6/c37-23-18-29(30(38)39)36(20-23)31(40)33(14-16-35(17-15-33)19-22-8-2-1-3-9-22)34-32(41)42-21-28-26-12-6-4-10-24(26)25-11-5-7-13-27(25)28/h1-13,23,28-29,37H,14-21H2,(H,34,41)(H,38,39)/t23-,29+/m1/s1. The number of amides is 2. The van der Waals surface area contributed by atoms with Crippen LogP contribution in [0.1, 0.15) is 41.9 Å². The monoisotopic (exact) mass is 569 g/mol. The molecule has 0 aromatic heterocycles. The first-order valence-electron chi connectivity index (χ1n) is 14.5. The van der Waals surface area contributed by atoms with Gasteiger partial charge in [0.1, 0.15) is 18.2 Å². The van der Waals surface area contributed by atoms with Crippen molar-refractivity contribution in [2.24, 2.45) is 0 Å². The van der Waals surface area contributed by atoms with Crippen LogP contribution in [0.15, 0.2) is 78.9 Å². The van der Waals surface area contributed by atoms with Crippen LogP contribution in [0.25, 0.3) is 11.1 Å². The van der Waals surface area contributed by atoms with E-state index in [4.69, 9.17) is 4.74 Å². The van der Waals surface area contributed by atoms with E-state index in [2.05, 4.69) is 22.3 Å². The minimum atomic E-state index is -1.34. The average Bonchev–Trinajstić information content (AvgIpc) is 3.55. The number of aliphatic hydroxyl groups excluding tert-OH is 1. The van der Waals surface area contributed by atoms with Crippen molar-refractivity contribution in [2.75, 3.05) is 26.2 Å². The van der Waals surface area contributed by atoms with Gasteiger partial charge in [-0.2, -0.15) is 0 Å². The number of hydrogen-bond acceptors (Lipinski definition) is 6. The number of alkyl carbamates (subject to hydrolysis) is 1. The van der Waals surface area contributed by atoms with E-state index in [1.54, 1.807) is 0 Å². The summed E-state index contributed by atoms with van der Waals surface area (Å²) in [4.78, 5) is 42.8. The van der Waals surface area contributed by atoms with E-state index in [1.807, 2.05) is 66.7 Å². The fourth-order valence-electron chi connectivity index (χ4n) is 6.70. The molecule has 3 aliphatic rings. The van der Waals surface area contributed by atoms with Crippen LogP contribution in [-0.4, -0.2) is 81.9 Å². The molecule has 0 bridgehead atoms. The Morgan fingerprint density at radius 3 is 2.10 bits per heavy atom. The summed E-state index contributed by atoms with van der Waals surface area (Å²) in [6.07, 6.45) is -1.10. The van der Waals surface area contributed by atoms with Gasteiger partial charge in [-0.1, -0.05) is 78.9 Å². The van der Waals surface area contributed by atoms with Crippen LogP contribution in [0.3, 0.4) is 0 Å². The maximum Gasteiger partial charge on any atom is 0.408 e. The number of fused-ring (bicyclic) bond motifs is 3. The van der Waals surface area contributed by atoms with Gasteiger partial charge >= 0.3 is 12.1 Å². The molecule has 2 aliphatic heterocycles. The Labute approximate surface area is 244 Å². The Balaban J connectivity index is 1.19. The molecule has 218 valence electrons. The van der Waals surface area contributed by atoms with Gasteiger partial charge in [-0.3, -0.25) is 9.69 Å². The topological polar surface area (TPSA) is 119 Å². The molecule has 2 atom stereocenters. The zero-order valence-electron chi connectivity index (χ0n) is 23.3. The molecule has 3 N–H and O–H groups in total. The van der Waals surface area contributed by atoms with Crippen LogP contribution in [0, 0.1) is 0 Å². The number of benzene rings is 3. The van der Waals surface area contributed by atoms with Crippen molar-refractivity contribution in [2.45, 2.75) is 49.4 Å². The van der Waals surface area contributed by atoms with E-state index >= 15 is 0 Å². The third kappa shape index (κ3) is 5.37. The maximum atomic E-state index is 14.0. The van der Waals surface area contributed by atoms with Crippen LogP contribution in [-0.2, 0) is 20.9 Å². The number of aliphatic carboxylic acids is 1. The van der Waals surface area contributed by atoms with Crippen molar-refractivity contribution in [3.63, 3.8) is 0 Å². The first kappa shape index (κ1) is 27.9. The highest BCUT2D eigenvalue weighted by molar-refractivity contribution is 5.93. The van der Waals surface area contributed by atoms with Gasteiger partial charge < -0.3 is 25.2 Å². The highest BCUT2D eigenvalue weighted by atomic mass is 16.5. The molecule has 3 aromatic rings. The average molecular weight is 570 g/mol. The minimum Gasteiger partial charge on any atom is -0.480 e. The second-order valence-corrected chi connectivity index (χ2v) is 11.5. The van der Waals surface area contributed by atoms with Gasteiger partial charge in [0.25, 0.3) is 0 Å². The number of carboxylic acids is 1. The smallest absolute Gasteiger partial charge is 0.408 e. The number of piperidine rings is 1. The van der Waals surface area contributed by atoms with Crippen LogP contribution < -0.4 is 5.32 Å². The van der Waals surface area contributed by atoms with Gasteiger partial charge in [0.05, 0.1) is 6.10 Å². The molecule has 3 aromatic carbocycles. The number of carbonyl (C=O) groups is 3. The summed E-state index contributed by atoms with van der Waals surface area (Å²) in [6, 6.07) is 25.0. The lowest BCUT2D eigenvalue weighted by atomic mass is 9.85. The van der Waals surface area contributed by atoms with Crippen LogP contribution in [0.4, 0.5) is 4.79 Å². The number of carbonyl (C=O) groups excluding carboxylic acids is 2. The van der Waals surface area contributed by atoms with Crippen LogP contribution >= 0.6 is 0 Å². The molecule has 6 rings (SSSR count). The minimum absolute atomic E-state index is 0.0395. The van der Waals surface area contributed by atoms with Gasteiger partial charge in [-0.05, 0) is 40.7 Å². The predicted molar refractivity (Wildman–Crippen MR) is 156 cm³/mol. The third-order valence-electron chi connectivity index (χ3n) is 8.88. The van der Waals surface area contributed by atoms with Crippen molar-refractivity contribution in [1.82, 2.24) is 15.1 Å². The summed E-state index contributed by atoms with van der Waals surface area (Å²) in [5.41, 5.74) is 4.21. The van der Waals surface area contributed by atoms with Crippen LogP contribution in [0.2, 0.25) is 0 Å². The molecule has 2 heterocycles. The molecule has 0 saturated carbocycles. The third-order valence-corrected chi connectivity index (χ3v) is 8.88. The maximum absolute atomic E-state index is 14.0. The highest BCUT2D eigenvalue weighted by Crippen LogP contribution is 2.44. The number of β-amino-alcohol motifs (C(OH)–C–C–N with tert-alkyl or cyclic N) is 1. The normalized spacial score (nSPS) is 21.4. The summed E-state index contributed by atoms with van der Waals surface area (Å²) in [6.45, 7) is 1.77. The predicted octanol–water partition coefficient (Wildman–Crippen LogP) is 3.61. The summed E-state index contributed by atoms with van der Waals surface area (Å²) >= 11 is 0. The molecule has 0 unspecified atom stereocenters. The second-order valence-electron chi connectivity index (χ2n) is 11.5. The van der Waals surface area contributed by atoms with E-state index in [0.717, 1.165) is 27.8 Å². The number of likely N-dealkylation sites (tertiary alicyclic amines) is 2. The van der Waals surface area contributed by atoms with E-state index in [1.165, 1.54) is 4.90 Å². The molecular formula is C33H35N3O6. The van der Waals surface area contributed by atoms with Gasteiger partial charge in [0, 0.05) is 38.5 Å². The SMILES string of the molecule is O=C(NC1(C(=O)N2C[C@H](O)C[C@H]2C(=O)O)CCN(Cc2ccccc2)CC1)OCC1c2ccccc2-c2ccccc21. The van der Waals surface area contributed by atoms with Crippen LogP contribution in [0.5, 0.6) is 0 Å². The molecule has 9 heteroatoms. The first-order chi connectivity index (χ1) is 20.3. The summed E-state index contributed by atoms with van der Waals surface area (Å²) in [5.74, 6) is -1.79. The highest BCUT2D eigenvalue weighted by Gasteiger charge is 2.50. The van der Waals surface area contributed by atoms with Crippen molar-refractivity contribution < 1.29 is 29.3 Å². The van der Waals surface area contributed by atoms with Gasteiger partial charge in [0.2, 0.25) is 5.91 Å². The number of carboxylic acid groups (broad SMARTS) is 1. The Morgan fingerprint density at radius 1 is 0.881 bits per heavy atom. The number of nitrogens with zero attached hydrogens (tertiary/aromatic N) is 2. The lowest BCUT2D eigenvalue weighted by Crippen LogP contribution is -2.65. The Morgan fingerprint density at radius 2 is 1.48 bits per heavy atom. The Hall–Kier alpha value is -4.21. The lowest BCUT2D eigenvalue weighted by Gasteiger charge is -2.43. The molecule has 42 heavy (non-hydrogen) atoms. The summed E-state index contributed by atoms with van der Waals surface area (Å²) in [5, 5.41) is 22.9. The van der Waals surface area contributed by atoms with Crippen molar-refractivity contribution in [3.8, 4) is 11.1 Å². The Kier molecular flexibility index (Phi) is 7.70. The Bertz CT molecular complexity index is 1420. The zero-order chi connectivity index (χ0) is 29.3. The molecule has 0 spiro atoms. The molecule has 9 nitrogen and oxygen atoms in total. The van der Waals surface area contributed by atoms with Crippen molar-refractivity contribution in [3.05, 3.63) is 95.6 Å². The molecule has 1 aliphatic carbocycles. The fourth-order valence-corrected chi connectivity index (χ4v) is 6.70. The number of nitrogens with one attached hydrogen (secondary N) is 1. The van der Waals surface area contributed by atoms with E-state index < -0.39 is 35.7 Å². The second kappa shape index (κ2) is 11.6. The van der Waals surface area contributed by atoms with Gasteiger partial charge in [0.15, 0.2) is 0 Å². The molecule has 0 radical (unpaired) electrons. The fraction of sp³-hybridized carbons (Fsp3) is 0.364. The number of hydrogen-bond donors (Lipinski definition) is 3. The quantitative estimate of drug-likeness (QED) is 0.398. The molecule has 2 amide bonds. The van der Waals surface area contributed by atoms with E-state index in [-0.39, 0.29) is 25.5 Å². The number of ether oxygens (including phenoxy) is 1. The summed E-state index contributed by atoms with van der Waals surface area (Å²) in [7, 11) is 0. The number of aliphatic hydroxyl groups is 1. The lowest BCUT2D eigenvalue weighted by molar-refractivity contribution is -0.152. The first-order valence-corrected chi connectivity index (χ1v) is 14.5. The van der Waals surface area contributed by atoms with E-state index in [9.17, 15) is 24.6 Å². The molecule has 2 saturated heterocycles. The zero-order valence-corrected chi connectivity index (χ0v) is 23.3. The summed E-state index contributed by atoms with van der Waals surface area (Å²) < 4.78 is 5.80. The largest absolute Gasteiger partial charge is 0.480 e. The van der Waals surface area contributed by atoms with Crippen molar-refractivity contribution >= 4 is 18.0 Å². The van der Waals surface area contributed by atoms with Crippen molar-refractivity contribution in [1.29, 1.82) is 0 Å². The molecular weight excluding hydrogens is 534 g/mol. The number of rotatable bonds is 7.